The number of aromatic nitrogens is 4. The Balaban J connectivity index is 1.47. The molecule has 0 unspecified atom stereocenters. The van der Waals surface area contributed by atoms with Gasteiger partial charge >= 0.3 is 0 Å². The molecule has 0 N–H and O–H groups in total. The Hall–Kier alpha value is -2.45. The molecule has 1 aromatic carbocycles. The largest absolute Gasteiger partial charge is 0.492 e. The second-order valence-electron chi connectivity index (χ2n) is 7.10. The third-order valence-electron chi connectivity index (χ3n) is 5.08. The molecule has 3 aromatic rings. The van der Waals surface area contributed by atoms with E-state index in [1.54, 1.807) is 0 Å². The standard InChI is InChI=1S/C20H26N6OS/c1-4-27-18-8-6-5-7-17(18)24-11-9-23(10-12-24)14-25-20(28)26-16(3)13-15(2)21-19(26)22-25/h5-8,13H,4,9-12,14H2,1-3H3. The average Bonchev–Trinajstić information content (AvgIpc) is 2.98. The minimum Gasteiger partial charge on any atom is -0.492 e. The number of para-hydroxylation sites is 2. The van der Waals surface area contributed by atoms with Crippen molar-refractivity contribution in [1.82, 2.24) is 24.1 Å². The van der Waals surface area contributed by atoms with E-state index in [0.717, 1.165) is 43.3 Å². The molecule has 2 aromatic heterocycles. The molecule has 7 nitrogen and oxygen atoms in total. The maximum absolute atomic E-state index is 5.79. The van der Waals surface area contributed by atoms with Gasteiger partial charge in [0.15, 0.2) is 0 Å². The third-order valence-corrected chi connectivity index (χ3v) is 5.47. The van der Waals surface area contributed by atoms with Crippen molar-refractivity contribution in [3.05, 3.63) is 46.5 Å². The quantitative estimate of drug-likeness (QED) is 0.616. The Morgan fingerprint density at radius 2 is 1.86 bits per heavy atom. The van der Waals surface area contributed by atoms with Crippen LogP contribution in [0.4, 0.5) is 5.69 Å². The second-order valence-corrected chi connectivity index (χ2v) is 7.47. The number of nitrogens with zero attached hydrogens (tertiary/aromatic N) is 6. The number of benzene rings is 1. The lowest BCUT2D eigenvalue weighted by Crippen LogP contribution is -2.47. The predicted octanol–water partition coefficient (Wildman–Crippen LogP) is 3.06. The lowest BCUT2D eigenvalue weighted by Gasteiger charge is -2.36. The average molecular weight is 399 g/mol. The summed E-state index contributed by atoms with van der Waals surface area (Å²) in [7, 11) is 0. The summed E-state index contributed by atoms with van der Waals surface area (Å²) in [5.41, 5.74) is 3.19. The van der Waals surface area contributed by atoms with Crippen LogP contribution >= 0.6 is 12.2 Å². The molecule has 1 aliphatic rings. The van der Waals surface area contributed by atoms with Crippen molar-refractivity contribution in [2.24, 2.45) is 0 Å². The van der Waals surface area contributed by atoms with Crippen molar-refractivity contribution in [3.8, 4) is 5.75 Å². The minimum absolute atomic E-state index is 0.673. The van der Waals surface area contributed by atoms with Crippen LogP contribution in [0.2, 0.25) is 0 Å². The van der Waals surface area contributed by atoms with Gasteiger partial charge in [0, 0.05) is 37.6 Å². The Morgan fingerprint density at radius 3 is 2.61 bits per heavy atom. The zero-order valence-electron chi connectivity index (χ0n) is 16.6. The highest BCUT2D eigenvalue weighted by Crippen LogP contribution is 2.28. The van der Waals surface area contributed by atoms with E-state index in [0.29, 0.717) is 23.8 Å². The van der Waals surface area contributed by atoms with Gasteiger partial charge in [-0.25, -0.2) is 9.67 Å². The van der Waals surface area contributed by atoms with Crippen LogP contribution in [0.25, 0.3) is 5.78 Å². The first-order chi connectivity index (χ1) is 13.6. The normalized spacial score (nSPS) is 15.3. The first kappa shape index (κ1) is 18.9. The predicted molar refractivity (Wildman–Crippen MR) is 113 cm³/mol. The number of piperazine rings is 1. The lowest BCUT2D eigenvalue weighted by atomic mass is 10.2. The zero-order valence-corrected chi connectivity index (χ0v) is 17.4. The molecule has 1 saturated heterocycles. The molecule has 28 heavy (non-hydrogen) atoms. The van der Waals surface area contributed by atoms with Crippen molar-refractivity contribution in [2.45, 2.75) is 27.4 Å². The van der Waals surface area contributed by atoms with E-state index < -0.39 is 0 Å². The fourth-order valence-corrected chi connectivity index (χ4v) is 4.07. The van der Waals surface area contributed by atoms with Crippen LogP contribution in [0, 0.1) is 18.6 Å². The molecule has 0 aliphatic carbocycles. The molecule has 1 aliphatic heterocycles. The van der Waals surface area contributed by atoms with Crippen LogP contribution in [-0.2, 0) is 6.67 Å². The number of hydrogen-bond acceptors (Lipinski definition) is 6. The summed E-state index contributed by atoms with van der Waals surface area (Å²) in [6, 6.07) is 10.3. The van der Waals surface area contributed by atoms with Gasteiger partial charge in [-0.1, -0.05) is 12.1 Å². The highest BCUT2D eigenvalue weighted by atomic mass is 32.1. The minimum atomic E-state index is 0.673. The Labute approximate surface area is 170 Å². The summed E-state index contributed by atoms with van der Waals surface area (Å²) in [6.07, 6.45) is 0. The van der Waals surface area contributed by atoms with E-state index in [9.17, 15) is 0 Å². The summed E-state index contributed by atoms with van der Waals surface area (Å²) in [4.78, 5) is 9.28. The molecule has 148 valence electrons. The molecule has 0 atom stereocenters. The summed E-state index contributed by atoms with van der Waals surface area (Å²) >= 11 is 5.64. The highest BCUT2D eigenvalue weighted by Gasteiger charge is 2.21. The fraction of sp³-hybridized carbons (Fsp3) is 0.450. The molecule has 0 radical (unpaired) electrons. The number of anilines is 1. The summed E-state index contributed by atoms with van der Waals surface area (Å²) < 4.78 is 10.3. The molecule has 0 amide bonds. The molecule has 0 spiro atoms. The van der Waals surface area contributed by atoms with Crippen molar-refractivity contribution in [1.29, 1.82) is 0 Å². The van der Waals surface area contributed by atoms with E-state index in [4.69, 9.17) is 17.0 Å². The maximum Gasteiger partial charge on any atom is 0.254 e. The molecule has 0 saturated carbocycles. The third kappa shape index (κ3) is 3.62. The van der Waals surface area contributed by atoms with Gasteiger partial charge in [-0.05, 0) is 51.2 Å². The lowest BCUT2D eigenvalue weighted by molar-refractivity contribution is 0.194. The first-order valence-electron chi connectivity index (χ1n) is 9.69. The van der Waals surface area contributed by atoms with E-state index in [2.05, 4.69) is 32.0 Å². The monoisotopic (exact) mass is 398 g/mol. The number of aryl methyl sites for hydroxylation is 2. The van der Waals surface area contributed by atoms with Gasteiger partial charge in [-0.15, -0.1) is 5.10 Å². The topological polar surface area (TPSA) is 50.8 Å². The SMILES string of the molecule is CCOc1ccccc1N1CCN(Cn2nc3nc(C)cc(C)n3c2=S)CC1. The fourth-order valence-electron chi connectivity index (χ4n) is 3.74. The van der Waals surface area contributed by atoms with Gasteiger partial charge < -0.3 is 9.64 Å². The summed E-state index contributed by atoms with van der Waals surface area (Å²) in [5, 5.41) is 4.63. The molecular formula is C20H26N6OS. The van der Waals surface area contributed by atoms with Gasteiger partial charge in [0.2, 0.25) is 4.77 Å². The van der Waals surface area contributed by atoms with Gasteiger partial charge in [-0.3, -0.25) is 9.30 Å². The Morgan fingerprint density at radius 1 is 1.11 bits per heavy atom. The van der Waals surface area contributed by atoms with E-state index in [1.807, 2.05) is 48.1 Å². The molecule has 0 bridgehead atoms. The number of fused-ring (bicyclic) bond motifs is 1. The van der Waals surface area contributed by atoms with Crippen molar-refractivity contribution in [2.75, 3.05) is 37.7 Å². The highest BCUT2D eigenvalue weighted by molar-refractivity contribution is 7.71. The van der Waals surface area contributed by atoms with Gasteiger partial charge in [0.05, 0.1) is 19.0 Å². The van der Waals surface area contributed by atoms with Crippen molar-refractivity contribution in [3.63, 3.8) is 0 Å². The zero-order chi connectivity index (χ0) is 19.7. The molecule has 1 fully saturated rings. The maximum atomic E-state index is 5.79. The van der Waals surface area contributed by atoms with E-state index in [1.165, 1.54) is 5.69 Å². The van der Waals surface area contributed by atoms with Crippen molar-refractivity contribution < 1.29 is 4.74 Å². The summed E-state index contributed by atoms with van der Waals surface area (Å²) in [6.45, 7) is 11.2. The first-order valence-corrected chi connectivity index (χ1v) is 10.1. The van der Waals surface area contributed by atoms with Gasteiger partial charge in [0.25, 0.3) is 5.78 Å². The number of ether oxygens (including phenoxy) is 1. The van der Waals surface area contributed by atoms with Crippen LogP contribution < -0.4 is 9.64 Å². The van der Waals surface area contributed by atoms with E-state index in [-0.39, 0.29) is 0 Å². The second kappa shape index (κ2) is 7.89. The van der Waals surface area contributed by atoms with Gasteiger partial charge in [0.1, 0.15) is 5.75 Å². The van der Waals surface area contributed by atoms with Crippen molar-refractivity contribution >= 4 is 23.7 Å². The number of hydrogen-bond donors (Lipinski definition) is 0. The number of rotatable bonds is 5. The van der Waals surface area contributed by atoms with Crippen LogP contribution in [0.5, 0.6) is 5.75 Å². The smallest absolute Gasteiger partial charge is 0.254 e. The molecule has 4 rings (SSSR count). The molecule has 8 heteroatoms. The Bertz CT molecular complexity index is 1030. The van der Waals surface area contributed by atoms with Crippen LogP contribution in [0.3, 0.4) is 0 Å². The van der Waals surface area contributed by atoms with Crippen LogP contribution in [-0.4, -0.2) is 56.9 Å². The molecular weight excluding hydrogens is 372 g/mol. The molecule has 3 heterocycles. The Kier molecular flexibility index (Phi) is 5.32. The van der Waals surface area contributed by atoms with Gasteiger partial charge in [-0.2, -0.15) is 0 Å². The summed E-state index contributed by atoms with van der Waals surface area (Å²) in [5.74, 6) is 1.63. The van der Waals surface area contributed by atoms with E-state index >= 15 is 0 Å². The van der Waals surface area contributed by atoms with Crippen LogP contribution in [0.1, 0.15) is 18.3 Å². The van der Waals surface area contributed by atoms with Crippen LogP contribution in [0.15, 0.2) is 30.3 Å².